The number of aliphatic hydroxyl groups excluding tert-OH is 1. The fraction of sp³-hybridized carbons (Fsp3) is 0.597. The van der Waals surface area contributed by atoms with Crippen LogP contribution in [-0.2, 0) is 46.9 Å². The number of nitrogens with zero attached hydrogens (tertiary/aromatic N) is 9. The largest absolute Gasteiger partial charge is 0.394 e. The number of anilines is 3. The van der Waals surface area contributed by atoms with Gasteiger partial charge in [-0.15, -0.1) is 0 Å². The van der Waals surface area contributed by atoms with E-state index in [4.69, 9.17) is 59.2 Å². The molecule has 0 radical (unpaired) electrons. The van der Waals surface area contributed by atoms with Crippen molar-refractivity contribution >= 4 is 37.8 Å². The summed E-state index contributed by atoms with van der Waals surface area (Å²) >= 11 is 0. The molecular formula is C77H112N13O18P. The molecule has 0 saturated carbocycles. The van der Waals surface area contributed by atoms with E-state index in [0.29, 0.717) is 54.2 Å². The lowest BCUT2D eigenvalue weighted by molar-refractivity contribution is -0.0708. The van der Waals surface area contributed by atoms with Gasteiger partial charge < -0.3 is 73.3 Å². The molecule has 2 aromatic carbocycles. The minimum Gasteiger partial charge on any atom is -0.394 e. The molecular weight excluding hydrogens is 1430 g/mol. The van der Waals surface area contributed by atoms with Crippen LogP contribution < -0.4 is 44.7 Å². The first-order valence-corrected chi connectivity index (χ1v) is 38.6. The van der Waals surface area contributed by atoms with Crippen LogP contribution in [0.25, 0.3) is 4.85 Å². The molecule has 6 aromatic rings. The molecule has 4 aromatic heterocycles. The maximum Gasteiger partial charge on any atom is 0.351 e. The lowest BCUT2D eigenvalue weighted by atomic mass is 9.98. The number of H-pyrrole nitrogens is 1. The molecule has 31 nitrogen and oxygen atoms in total. The van der Waals surface area contributed by atoms with Crippen molar-refractivity contribution in [1.82, 2.24) is 42.9 Å². The Kier molecular flexibility index (Phi) is 33.8. The Bertz CT molecular complexity index is 4260. The van der Waals surface area contributed by atoms with Gasteiger partial charge in [-0.3, -0.25) is 37.6 Å². The minimum atomic E-state index is -1.44. The fourth-order valence-electron chi connectivity index (χ4n) is 13.6. The molecule has 0 aliphatic carbocycles. The first-order valence-electron chi connectivity index (χ1n) is 37.5. The third kappa shape index (κ3) is 22.2. The van der Waals surface area contributed by atoms with E-state index in [-0.39, 0.29) is 134 Å². The second kappa shape index (κ2) is 41.8. The molecule has 10 rings (SSSR count). The highest BCUT2D eigenvalue weighted by Crippen LogP contribution is 2.48. The Balaban J connectivity index is 0.000000212. The second-order valence-electron chi connectivity index (χ2n) is 27.7. The summed E-state index contributed by atoms with van der Waals surface area (Å²) in [6, 6.07) is 17.8. The van der Waals surface area contributed by atoms with E-state index in [9.17, 15) is 38.7 Å². The van der Waals surface area contributed by atoms with E-state index >= 15 is 0 Å². The Hall–Kier alpha value is -8.06. The van der Waals surface area contributed by atoms with Crippen molar-refractivity contribution < 1.29 is 61.6 Å². The smallest absolute Gasteiger partial charge is 0.351 e. The highest BCUT2D eigenvalue weighted by atomic mass is 31.2. The quantitative estimate of drug-likeness (QED) is 0.0173. The number of ether oxygens (including phenoxy) is 8. The van der Waals surface area contributed by atoms with E-state index in [0.717, 1.165) is 18.4 Å². The first kappa shape index (κ1) is 88.2. The first-order chi connectivity index (χ1) is 52.0. The molecule has 8 heterocycles. The maximum atomic E-state index is 13.2. The van der Waals surface area contributed by atoms with Crippen molar-refractivity contribution in [2.75, 3.05) is 69.2 Å². The molecule has 2 amide bonds. The van der Waals surface area contributed by atoms with Gasteiger partial charge in [0.2, 0.25) is 6.54 Å². The number of amides is 2. The standard InChI is InChI=1S/C29H42N5O6P.C20H25N3O5.C14H23N3O3.C14H22N2O4/c1-9-37-25-22(7)24(18-39-41(38-16-15-30-8)34(19(2)3)20(4)5)40-28(25)33-17-21(6)26(32-29(33)36)31-27(35)23-13-11-10-12-14-23;1-4-27-16-13(3)15(11-24)28-19(16)23-10-12(2)17(22-20(23)26)21-18(25)14-8-6-5-7-9-14;1-5-10-9(4)11(19-6-2)13(20-10)17-7-8(3)12(15)16-14(17)18;1-5-10-9(4)11(19-6-2)13(20-10)16-7-8(3)12(17)15-14(16)18/h10-14,17,19-20,22,24-25,28H,9,15-16,18H2,1-7H3,(H,31,32,35,36);5-10,13,15-16,19,24H,4,11H2,1-3H3,(H,21,22,25,26);7,9-11,13H,5-6H2,1-4H3,(H2,15,16,18);7,9-11,13H,5-6H2,1-4H3,(H,15,17,18)/t22-,24-,25-,28-,41?;13-,15-,16-,19-;2*9-,10-,11-,13-/m1111/s1. The molecule has 4 aliphatic rings. The predicted molar refractivity (Wildman–Crippen MR) is 413 cm³/mol. The van der Waals surface area contributed by atoms with Gasteiger partial charge in [-0.25, -0.2) is 30.4 Å². The predicted octanol–water partition coefficient (Wildman–Crippen LogP) is 9.45. The van der Waals surface area contributed by atoms with Crippen LogP contribution in [0.15, 0.2) is 109 Å². The summed E-state index contributed by atoms with van der Waals surface area (Å²) in [6.45, 7) is 44.9. The second-order valence-corrected chi connectivity index (χ2v) is 29.2. The van der Waals surface area contributed by atoms with Gasteiger partial charge in [0.1, 0.15) is 48.5 Å². The summed E-state index contributed by atoms with van der Waals surface area (Å²) < 4.78 is 67.9. The van der Waals surface area contributed by atoms with Crippen molar-refractivity contribution in [1.29, 1.82) is 0 Å². The van der Waals surface area contributed by atoms with Crippen molar-refractivity contribution in [2.45, 2.75) is 223 Å². The number of carbonyl (C=O) groups excluding carboxylic acids is 2. The number of aryl methyl sites for hydroxylation is 4. The number of carbonyl (C=O) groups is 2. The van der Waals surface area contributed by atoms with Crippen molar-refractivity contribution in [3.63, 3.8) is 0 Å². The van der Waals surface area contributed by atoms with Crippen molar-refractivity contribution in [2.24, 2.45) is 23.7 Å². The number of hydrogen-bond acceptors (Lipinski definition) is 23. The third-order valence-electron chi connectivity index (χ3n) is 19.4. The molecule has 17 atom stereocenters. The molecule has 4 fully saturated rings. The van der Waals surface area contributed by atoms with E-state index in [1.807, 2.05) is 67.5 Å². The number of benzene rings is 2. The normalized spacial score (nSPS) is 25.2. The summed E-state index contributed by atoms with van der Waals surface area (Å²) in [5.74, 6) is 0.218. The summed E-state index contributed by atoms with van der Waals surface area (Å²) in [4.78, 5) is 104. The summed E-state index contributed by atoms with van der Waals surface area (Å²) in [5.41, 5.74) is 6.74. The molecule has 1 unspecified atom stereocenters. The zero-order valence-electron chi connectivity index (χ0n) is 66.0. The third-order valence-corrected chi connectivity index (χ3v) is 21.5. The number of nitrogens with two attached hydrogens (primary N) is 1. The highest BCUT2D eigenvalue weighted by Gasteiger charge is 2.48. The van der Waals surface area contributed by atoms with Crippen LogP contribution >= 0.6 is 8.53 Å². The Morgan fingerprint density at radius 3 is 1.32 bits per heavy atom. The van der Waals surface area contributed by atoms with Crippen LogP contribution in [0.1, 0.15) is 178 Å². The number of aliphatic hydroxyl groups is 1. The van der Waals surface area contributed by atoms with Crippen molar-refractivity contribution in [3.8, 4) is 0 Å². The zero-order chi connectivity index (χ0) is 80.1. The molecule has 0 spiro atoms. The number of nitrogens with one attached hydrogen (secondary N) is 3. The molecule has 32 heteroatoms. The Morgan fingerprint density at radius 2 is 0.927 bits per heavy atom. The topological polar surface area (TPSA) is 364 Å². The Morgan fingerprint density at radius 1 is 0.560 bits per heavy atom. The fourth-order valence-corrected chi connectivity index (χ4v) is 15.2. The van der Waals surface area contributed by atoms with Crippen molar-refractivity contribution in [3.05, 3.63) is 183 Å². The van der Waals surface area contributed by atoms with Crippen LogP contribution in [0.3, 0.4) is 0 Å². The zero-order valence-corrected chi connectivity index (χ0v) is 66.9. The SMILES string of the molecule is CCO[C@@H]1[C@H](C)[C@@H](CC)O[C@H]1n1cc(C)c(=O)[nH]c1=O.CCO[C@@H]1[C@H](C)[C@@H](CC)O[C@H]1n1cc(C)c(N)nc1=O.CCO[C@@H]1[C@H](C)[C@@H](CO)O[C@H]1n1cc(C)c(NC(=O)c2ccccc2)nc1=O.[C-]#[N+]CCOP(OC[C@H]1O[C@@H](n2cc(C)c(NC(=O)c3ccccc3)nc2=O)[C@H](OCC)[C@@H]1C)N(C(C)C)C(C)C. The van der Waals surface area contributed by atoms with Crippen LogP contribution in [0.2, 0.25) is 0 Å². The van der Waals surface area contributed by atoms with Crippen LogP contribution in [0, 0.1) is 57.9 Å². The molecule has 0 bridgehead atoms. The Labute approximate surface area is 638 Å². The lowest BCUT2D eigenvalue weighted by Gasteiger charge is -2.36. The van der Waals surface area contributed by atoms with Gasteiger partial charge in [-0.05, 0) is 120 Å². The molecule has 4 saturated heterocycles. The molecule has 109 heavy (non-hydrogen) atoms. The average molecular weight is 1540 g/mol. The van der Waals surface area contributed by atoms with Gasteiger partial charge in [0.25, 0.3) is 25.9 Å². The van der Waals surface area contributed by atoms with E-state index < -0.39 is 68.4 Å². The number of hydrogen-bond donors (Lipinski definition) is 5. The summed E-state index contributed by atoms with van der Waals surface area (Å²) in [6.07, 6.45) is 4.09. The van der Waals surface area contributed by atoms with Gasteiger partial charge in [0, 0.05) is 120 Å². The summed E-state index contributed by atoms with van der Waals surface area (Å²) in [5, 5.41) is 14.9. The summed E-state index contributed by atoms with van der Waals surface area (Å²) in [7, 11) is -1.44. The van der Waals surface area contributed by atoms with Gasteiger partial charge in [0.05, 0.1) is 37.6 Å². The minimum absolute atomic E-state index is 0.0516. The maximum absolute atomic E-state index is 13.2. The van der Waals surface area contributed by atoms with Gasteiger partial charge in [0.15, 0.2) is 24.9 Å². The average Bonchev–Trinajstić information content (AvgIpc) is 1.69. The number of rotatable bonds is 28. The van der Waals surface area contributed by atoms with Crippen LogP contribution in [-0.4, -0.2) is 174 Å². The van der Waals surface area contributed by atoms with Gasteiger partial charge in [-0.1, -0.05) is 77.9 Å². The van der Waals surface area contributed by atoms with Crippen LogP contribution in [0.4, 0.5) is 17.5 Å². The number of aromatic nitrogens is 8. The highest BCUT2D eigenvalue weighted by molar-refractivity contribution is 7.44. The van der Waals surface area contributed by atoms with Crippen LogP contribution in [0.5, 0.6) is 0 Å². The van der Waals surface area contributed by atoms with Gasteiger partial charge >= 0.3 is 22.8 Å². The van der Waals surface area contributed by atoms with Gasteiger partial charge in [-0.2, -0.15) is 15.0 Å². The molecule has 4 aliphatic heterocycles. The van der Waals surface area contributed by atoms with E-state index in [1.54, 1.807) is 94.1 Å². The van der Waals surface area contributed by atoms with E-state index in [1.165, 1.54) is 18.3 Å². The van der Waals surface area contributed by atoms with E-state index in [2.05, 4.69) is 88.6 Å². The number of nitrogen functional groups attached to an aromatic ring is 1. The monoisotopic (exact) mass is 1540 g/mol. The number of aromatic amines is 1. The lowest BCUT2D eigenvalue weighted by Crippen LogP contribution is -2.38. The molecule has 6 N–H and O–H groups in total. The molecule has 598 valence electrons.